The van der Waals surface area contributed by atoms with Crippen molar-refractivity contribution in [1.82, 2.24) is 9.78 Å². The van der Waals surface area contributed by atoms with Gasteiger partial charge in [0, 0.05) is 6.20 Å². The number of nitrogens with zero attached hydrogens (tertiary/aromatic N) is 2. The lowest BCUT2D eigenvalue weighted by atomic mass is 10.2. The Bertz CT molecular complexity index is 295. The highest BCUT2D eigenvalue weighted by molar-refractivity contribution is 5.50. The molecule has 1 rings (SSSR count). The van der Waals surface area contributed by atoms with Crippen molar-refractivity contribution in [3.8, 4) is 0 Å². The molecule has 0 bridgehead atoms. The standard InChI is InChI=1S/C10H14N2/c1-4-7-12-10(6-3)9(5-2)8-11-12/h4,6-8H,3,5H2,1-2H3. The quantitative estimate of drug-likeness (QED) is 0.668. The fourth-order valence-corrected chi connectivity index (χ4v) is 1.16. The third kappa shape index (κ3) is 1.47. The lowest BCUT2D eigenvalue weighted by Crippen LogP contribution is -1.92. The SMILES string of the molecule is C=Cc1c(CC)cnn1C=CC. The first-order valence-corrected chi connectivity index (χ1v) is 4.15. The predicted molar refractivity (Wildman–Crippen MR) is 52.7 cm³/mol. The maximum absolute atomic E-state index is 4.21. The molecule has 0 unspecified atom stereocenters. The molecule has 0 atom stereocenters. The largest absolute Gasteiger partial charge is 0.241 e. The smallest absolute Gasteiger partial charge is 0.0687 e. The molecule has 0 aliphatic heterocycles. The van der Waals surface area contributed by atoms with Crippen molar-refractivity contribution in [1.29, 1.82) is 0 Å². The molecule has 0 aliphatic rings. The van der Waals surface area contributed by atoms with Gasteiger partial charge in [-0.1, -0.05) is 19.6 Å². The number of hydrogen-bond acceptors (Lipinski definition) is 1. The van der Waals surface area contributed by atoms with Gasteiger partial charge in [0.05, 0.1) is 11.9 Å². The van der Waals surface area contributed by atoms with Gasteiger partial charge in [0.1, 0.15) is 0 Å². The summed E-state index contributed by atoms with van der Waals surface area (Å²) in [6, 6.07) is 0. The summed E-state index contributed by atoms with van der Waals surface area (Å²) >= 11 is 0. The van der Waals surface area contributed by atoms with Crippen molar-refractivity contribution in [3.05, 3.63) is 30.1 Å². The van der Waals surface area contributed by atoms with E-state index in [4.69, 9.17) is 0 Å². The average Bonchev–Trinajstić information content (AvgIpc) is 2.47. The van der Waals surface area contributed by atoms with Crippen molar-refractivity contribution >= 4 is 12.3 Å². The zero-order valence-corrected chi connectivity index (χ0v) is 7.62. The molecule has 0 saturated heterocycles. The van der Waals surface area contributed by atoms with Crippen LogP contribution in [0.3, 0.4) is 0 Å². The highest BCUT2D eigenvalue weighted by Gasteiger charge is 2.02. The van der Waals surface area contributed by atoms with Gasteiger partial charge in [0.25, 0.3) is 0 Å². The summed E-state index contributed by atoms with van der Waals surface area (Å²) in [5.74, 6) is 0. The maximum Gasteiger partial charge on any atom is 0.0687 e. The minimum atomic E-state index is 0.999. The minimum absolute atomic E-state index is 0.999. The summed E-state index contributed by atoms with van der Waals surface area (Å²) in [4.78, 5) is 0. The van der Waals surface area contributed by atoms with E-state index in [2.05, 4.69) is 18.6 Å². The van der Waals surface area contributed by atoms with Crippen LogP contribution in [-0.2, 0) is 6.42 Å². The summed E-state index contributed by atoms with van der Waals surface area (Å²) in [6.45, 7) is 7.85. The Morgan fingerprint density at radius 1 is 1.67 bits per heavy atom. The minimum Gasteiger partial charge on any atom is -0.241 e. The van der Waals surface area contributed by atoms with Crippen LogP contribution >= 0.6 is 0 Å². The predicted octanol–water partition coefficient (Wildman–Crippen LogP) is 2.58. The summed E-state index contributed by atoms with van der Waals surface area (Å²) in [5.41, 5.74) is 2.33. The first kappa shape index (κ1) is 8.78. The van der Waals surface area contributed by atoms with Gasteiger partial charge >= 0.3 is 0 Å². The third-order valence-electron chi connectivity index (χ3n) is 1.78. The highest BCUT2D eigenvalue weighted by atomic mass is 15.3. The molecule has 0 aliphatic carbocycles. The van der Waals surface area contributed by atoms with Gasteiger partial charge in [-0.25, -0.2) is 4.68 Å². The number of aryl methyl sites for hydroxylation is 1. The van der Waals surface area contributed by atoms with Crippen LogP contribution in [0.15, 0.2) is 18.9 Å². The van der Waals surface area contributed by atoms with Crippen LogP contribution in [-0.4, -0.2) is 9.78 Å². The second kappa shape index (κ2) is 3.90. The van der Waals surface area contributed by atoms with E-state index in [0.717, 1.165) is 12.1 Å². The van der Waals surface area contributed by atoms with Crippen molar-refractivity contribution in [2.24, 2.45) is 0 Å². The molecule has 1 aromatic heterocycles. The Kier molecular flexibility index (Phi) is 2.86. The molecule has 0 N–H and O–H groups in total. The first-order chi connectivity index (χ1) is 5.83. The van der Waals surface area contributed by atoms with E-state index in [1.165, 1.54) is 5.56 Å². The Labute approximate surface area is 73.2 Å². The zero-order valence-electron chi connectivity index (χ0n) is 7.62. The summed E-state index contributed by atoms with van der Waals surface area (Å²) in [5, 5.41) is 4.21. The number of aromatic nitrogens is 2. The Morgan fingerprint density at radius 2 is 2.42 bits per heavy atom. The van der Waals surface area contributed by atoms with Crippen molar-refractivity contribution in [2.75, 3.05) is 0 Å². The van der Waals surface area contributed by atoms with Gasteiger partial charge in [0.2, 0.25) is 0 Å². The zero-order chi connectivity index (χ0) is 8.97. The Balaban J connectivity index is 3.13. The Morgan fingerprint density at radius 3 is 2.92 bits per heavy atom. The van der Waals surface area contributed by atoms with Crippen molar-refractivity contribution < 1.29 is 0 Å². The van der Waals surface area contributed by atoms with Gasteiger partial charge in [-0.2, -0.15) is 5.10 Å². The van der Waals surface area contributed by atoms with E-state index >= 15 is 0 Å². The molecule has 64 valence electrons. The van der Waals surface area contributed by atoms with E-state index in [9.17, 15) is 0 Å². The van der Waals surface area contributed by atoms with Crippen LogP contribution in [0.5, 0.6) is 0 Å². The monoisotopic (exact) mass is 162 g/mol. The molecule has 1 heterocycles. The molecule has 0 radical (unpaired) electrons. The van der Waals surface area contributed by atoms with E-state index in [0.29, 0.717) is 0 Å². The molecule has 0 fully saturated rings. The van der Waals surface area contributed by atoms with Crippen LogP contribution < -0.4 is 0 Å². The van der Waals surface area contributed by atoms with Gasteiger partial charge in [-0.05, 0) is 25.0 Å². The summed E-state index contributed by atoms with van der Waals surface area (Å²) < 4.78 is 1.84. The van der Waals surface area contributed by atoms with E-state index < -0.39 is 0 Å². The molecule has 2 heteroatoms. The third-order valence-corrected chi connectivity index (χ3v) is 1.78. The molecule has 0 spiro atoms. The normalized spacial score (nSPS) is 10.8. The second-order valence-corrected chi connectivity index (χ2v) is 2.54. The van der Waals surface area contributed by atoms with Crippen LogP contribution in [0, 0.1) is 0 Å². The maximum atomic E-state index is 4.21. The fourth-order valence-electron chi connectivity index (χ4n) is 1.16. The lowest BCUT2D eigenvalue weighted by molar-refractivity contribution is 0.922. The molecular formula is C10H14N2. The molecular weight excluding hydrogens is 148 g/mol. The lowest BCUT2D eigenvalue weighted by Gasteiger charge is -1.97. The van der Waals surface area contributed by atoms with Crippen LogP contribution in [0.1, 0.15) is 25.1 Å². The van der Waals surface area contributed by atoms with Crippen molar-refractivity contribution in [2.45, 2.75) is 20.3 Å². The van der Waals surface area contributed by atoms with Gasteiger partial charge < -0.3 is 0 Å². The van der Waals surface area contributed by atoms with E-state index in [-0.39, 0.29) is 0 Å². The summed E-state index contributed by atoms with van der Waals surface area (Å²) in [7, 11) is 0. The van der Waals surface area contributed by atoms with Crippen LogP contribution in [0.25, 0.3) is 12.3 Å². The Hall–Kier alpha value is -1.31. The fraction of sp³-hybridized carbons (Fsp3) is 0.300. The molecule has 0 aromatic carbocycles. The summed E-state index contributed by atoms with van der Waals surface area (Å²) in [6.07, 6.45) is 8.61. The van der Waals surface area contributed by atoms with Crippen LogP contribution in [0.4, 0.5) is 0 Å². The topological polar surface area (TPSA) is 17.8 Å². The molecule has 1 aromatic rings. The number of allylic oxidation sites excluding steroid dienone is 1. The van der Waals surface area contributed by atoms with Gasteiger partial charge in [0.15, 0.2) is 0 Å². The van der Waals surface area contributed by atoms with Crippen molar-refractivity contribution in [3.63, 3.8) is 0 Å². The average molecular weight is 162 g/mol. The first-order valence-electron chi connectivity index (χ1n) is 4.15. The molecule has 0 amide bonds. The molecule has 0 saturated carbocycles. The molecule has 2 nitrogen and oxygen atoms in total. The number of hydrogen-bond donors (Lipinski definition) is 0. The van der Waals surface area contributed by atoms with E-state index in [1.807, 2.05) is 36.2 Å². The highest BCUT2D eigenvalue weighted by Crippen LogP contribution is 2.10. The second-order valence-electron chi connectivity index (χ2n) is 2.54. The van der Waals surface area contributed by atoms with Gasteiger partial charge in [-0.3, -0.25) is 0 Å². The number of rotatable bonds is 3. The molecule has 12 heavy (non-hydrogen) atoms. The van der Waals surface area contributed by atoms with Crippen LogP contribution in [0.2, 0.25) is 0 Å². The van der Waals surface area contributed by atoms with Gasteiger partial charge in [-0.15, -0.1) is 0 Å². The van der Waals surface area contributed by atoms with E-state index in [1.54, 1.807) is 0 Å².